The molecule has 1 aromatic heterocycles. The van der Waals surface area contributed by atoms with Gasteiger partial charge in [-0.05, 0) is 63.6 Å². The number of carbonyl (C=O) groups is 1. The maximum absolute atomic E-state index is 12.3. The van der Waals surface area contributed by atoms with E-state index in [-0.39, 0.29) is 11.3 Å². The molecule has 8 heteroatoms. The number of nitrogens with zero attached hydrogens (tertiary/aromatic N) is 2. The van der Waals surface area contributed by atoms with Crippen molar-refractivity contribution in [1.29, 1.82) is 0 Å². The quantitative estimate of drug-likeness (QED) is 0.325. The van der Waals surface area contributed by atoms with E-state index in [9.17, 15) is 14.9 Å². The van der Waals surface area contributed by atoms with Crippen LogP contribution in [0.2, 0.25) is 0 Å². The summed E-state index contributed by atoms with van der Waals surface area (Å²) in [6.07, 6.45) is 0. The lowest BCUT2D eigenvalue weighted by Crippen LogP contribution is -2.15. The van der Waals surface area contributed by atoms with Crippen molar-refractivity contribution in [3.8, 4) is 0 Å². The molecule has 0 bridgehead atoms. The summed E-state index contributed by atoms with van der Waals surface area (Å²) in [5.41, 5.74) is 1.35. The lowest BCUT2D eigenvalue weighted by molar-refractivity contribution is -0.384. The van der Waals surface area contributed by atoms with Gasteiger partial charge in [-0.3, -0.25) is 14.9 Å². The predicted octanol–water partition coefficient (Wildman–Crippen LogP) is 3.92. The van der Waals surface area contributed by atoms with Crippen molar-refractivity contribution in [2.24, 2.45) is 0 Å². The number of amides is 1. The summed E-state index contributed by atoms with van der Waals surface area (Å²) >= 11 is 5.21. The number of aryl methyl sites for hydroxylation is 1. The lowest BCUT2D eigenvalue weighted by Gasteiger charge is -2.09. The van der Waals surface area contributed by atoms with E-state index in [1.54, 1.807) is 25.1 Å². The molecule has 1 amide bonds. The van der Waals surface area contributed by atoms with Crippen molar-refractivity contribution in [3.63, 3.8) is 0 Å². The smallest absolute Gasteiger partial charge is 0.270 e. The van der Waals surface area contributed by atoms with E-state index in [4.69, 9.17) is 0 Å². The zero-order valence-corrected chi connectivity index (χ0v) is 14.5. The number of hydrogen-bond acceptors (Lipinski definition) is 4. The third-order valence-corrected chi connectivity index (χ3v) is 4.09. The predicted molar refractivity (Wildman–Crippen MR) is 90.4 cm³/mol. The van der Waals surface area contributed by atoms with E-state index in [1.807, 2.05) is 22.6 Å². The van der Waals surface area contributed by atoms with Crippen LogP contribution in [0.5, 0.6) is 0 Å². The first-order valence-corrected chi connectivity index (χ1v) is 7.64. The molecule has 0 aliphatic heterocycles. The molecule has 0 radical (unpaired) electrons. The highest BCUT2D eigenvalue weighted by Crippen LogP contribution is 2.22. The molecule has 2 aromatic rings. The first-order valence-electron chi connectivity index (χ1n) is 5.77. The first kappa shape index (κ1) is 15.8. The molecule has 1 aromatic carbocycles. The van der Waals surface area contributed by atoms with Crippen LogP contribution in [0.3, 0.4) is 0 Å². The third kappa shape index (κ3) is 3.76. The van der Waals surface area contributed by atoms with Crippen LogP contribution >= 0.6 is 38.5 Å². The summed E-state index contributed by atoms with van der Waals surface area (Å²) in [6, 6.07) is 7.60. The van der Waals surface area contributed by atoms with Crippen molar-refractivity contribution < 1.29 is 9.72 Å². The highest BCUT2D eigenvalue weighted by atomic mass is 127. The molecule has 0 aliphatic rings. The summed E-state index contributed by atoms with van der Waals surface area (Å²) in [6.45, 7) is 1.76. The van der Waals surface area contributed by atoms with E-state index in [1.165, 1.54) is 12.1 Å². The molecule has 0 aliphatic carbocycles. The van der Waals surface area contributed by atoms with Crippen LogP contribution in [0.25, 0.3) is 0 Å². The summed E-state index contributed by atoms with van der Waals surface area (Å²) < 4.78 is 1.31. The number of pyridine rings is 1. The standard InChI is InChI=1S/C13H9BrIN3O3/c1-7-11(4-5-12(14)16-7)17-13(19)9-6-8(18(20)21)2-3-10(9)15/h2-6H,1H3,(H,17,19). The molecule has 108 valence electrons. The van der Waals surface area contributed by atoms with Crippen molar-refractivity contribution in [3.05, 3.63) is 59.9 Å². The van der Waals surface area contributed by atoms with Gasteiger partial charge in [-0.2, -0.15) is 0 Å². The van der Waals surface area contributed by atoms with Crippen LogP contribution in [0.15, 0.2) is 34.9 Å². The van der Waals surface area contributed by atoms with Gasteiger partial charge in [0.05, 0.1) is 21.9 Å². The van der Waals surface area contributed by atoms with Gasteiger partial charge in [0.15, 0.2) is 0 Å². The van der Waals surface area contributed by atoms with Crippen LogP contribution in [0.4, 0.5) is 11.4 Å². The lowest BCUT2D eigenvalue weighted by atomic mass is 10.2. The summed E-state index contributed by atoms with van der Waals surface area (Å²) in [5.74, 6) is -0.407. The Kier molecular flexibility index (Phi) is 4.88. The Labute approximate surface area is 142 Å². The average molecular weight is 462 g/mol. The molecular weight excluding hydrogens is 453 g/mol. The Balaban J connectivity index is 2.32. The van der Waals surface area contributed by atoms with Gasteiger partial charge >= 0.3 is 0 Å². The highest BCUT2D eigenvalue weighted by Gasteiger charge is 2.16. The molecule has 21 heavy (non-hydrogen) atoms. The Morgan fingerprint density at radius 2 is 2.10 bits per heavy atom. The Morgan fingerprint density at radius 3 is 2.71 bits per heavy atom. The Hall–Kier alpha value is -1.55. The molecular formula is C13H9BrIN3O3. The first-order chi connectivity index (χ1) is 9.88. The number of rotatable bonds is 3. The molecule has 0 saturated carbocycles. The molecule has 0 spiro atoms. The normalized spacial score (nSPS) is 10.2. The number of anilines is 1. The van der Waals surface area contributed by atoms with Gasteiger partial charge in [-0.1, -0.05) is 0 Å². The van der Waals surface area contributed by atoms with Crippen molar-refractivity contribution in [2.45, 2.75) is 6.92 Å². The van der Waals surface area contributed by atoms with Crippen molar-refractivity contribution in [1.82, 2.24) is 4.98 Å². The van der Waals surface area contributed by atoms with E-state index < -0.39 is 10.8 Å². The summed E-state index contributed by atoms with van der Waals surface area (Å²) in [5, 5.41) is 13.5. The van der Waals surface area contributed by atoms with Crippen LogP contribution in [0.1, 0.15) is 16.1 Å². The summed E-state index contributed by atoms with van der Waals surface area (Å²) in [4.78, 5) is 26.7. The number of nitrogens with one attached hydrogen (secondary N) is 1. The minimum Gasteiger partial charge on any atom is -0.320 e. The fourth-order valence-electron chi connectivity index (χ4n) is 1.65. The second kappa shape index (κ2) is 6.48. The number of halogens is 2. The second-order valence-electron chi connectivity index (χ2n) is 4.14. The number of nitro groups is 1. The maximum Gasteiger partial charge on any atom is 0.270 e. The SMILES string of the molecule is Cc1nc(Br)ccc1NC(=O)c1cc([N+](=O)[O-])ccc1I. The van der Waals surface area contributed by atoms with Gasteiger partial charge in [-0.25, -0.2) is 4.98 Å². The molecule has 0 saturated heterocycles. The Morgan fingerprint density at radius 1 is 1.38 bits per heavy atom. The third-order valence-electron chi connectivity index (χ3n) is 2.71. The molecule has 0 unspecified atom stereocenters. The summed E-state index contributed by atoms with van der Waals surface area (Å²) in [7, 11) is 0. The molecule has 0 fully saturated rings. The topological polar surface area (TPSA) is 85.1 Å². The fourth-order valence-corrected chi connectivity index (χ4v) is 2.63. The van der Waals surface area contributed by atoms with E-state index in [0.717, 1.165) is 0 Å². The zero-order valence-electron chi connectivity index (χ0n) is 10.8. The maximum atomic E-state index is 12.3. The molecule has 2 rings (SSSR count). The van der Waals surface area contributed by atoms with Crippen LogP contribution in [-0.4, -0.2) is 15.8 Å². The van der Waals surface area contributed by atoms with Gasteiger partial charge in [0.2, 0.25) is 0 Å². The van der Waals surface area contributed by atoms with E-state index in [0.29, 0.717) is 19.6 Å². The average Bonchev–Trinajstić information content (AvgIpc) is 2.42. The van der Waals surface area contributed by atoms with Crippen LogP contribution in [-0.2, 0) is 0 Å². The van der Waals surface area contributed by atoms with Crippen molar-refractivity contribution >= 4 is 55.8 Å². The van der Waals surface area contributed by atoms with E-state index >= 15 is 0 Å². The van der Waals surface area contributed by atoms with E-state index in [2.05, 4.69) is 26.2 Å². The Bertz CT molecular complexity index is 737. The van der Waals surface area contributed by atoms with Gasteiger partial charge < -0.3 is 5.32 Å². The minimum atomic E-state index is -0.528. The fraction of sp³-hybridized carbons (Fsp3) is 0.0769. The number of carbonyl (C=O) groups excluding carboxylic acids is 1. The van der Waals surface area contributed by atoms with Crippen molar-refractivity contribution in [2.75, 3.05) is 5.32 Å². The zero-order chi connectivity index (χ0) is 15.6. The van der Waals surface area contributed by atoms with Crippen LogP contribution in [0, 0.1) is 20.6 Å². The number of aromatic nitrogens is 1. The highest BCUT2D eigenvalue weighted by molar-refractivity contribution is 14.1. The number of hydrogen-bond donors (Lipinski definition) is 1. The number of nitro benzene ring substituents is 1. The van der Waals surface area contributed by atoms with Gasteiger partial charge in [-0.15, -0.1) is 0 Å². The molecule has 1 heterocycles. The molecule has 1 N–H and O–H groups in total. The molecule has 0 atom stereocenters. The van der Waals surface area contributed by atoms with Crippen LogP contribution < -0.4 is 5.32 Å². The number of non-ortho nitro benzene ring substituents is 1. The molecule has 6 nitrogen and oxygen atoms in total. The minimum absolute atomic E-state index is 0.119. The van der Waals surface area contributed by atoms with Gasteiger partial charge in [0, 0.05) is 15.7 Å². The second-order valence-corrected chi connectivity index (χ2v) is 6.12. The monoisotopic (exact) mass is 461 g/mol. The number of benzene rings is 1. The largest absolute Gasteiger partial charge is 0.320 e. The van der Waals surface area contributed by atoms with Gasteiger partial charge in [0.25, 0.3) is 11.6 Å². The van der Waals surface area contributed by atoms with Gasteiger partial charge in [0.1, 0.15) is 4.60 Å².